The van der Waals surface area contributed by atoms with Crippen LogP contribution in [0.25, 0.3) is 0 Å². The van der Waals surface area contributed by atoms with Crippen LogP contribution in [0.2, 0.25) is 0 Å². The fourth-order valence-corrected chi connectivity index (χ4v) is 3.91. The number of imide groups is 1. The number of fused-ring (bicyclic) bond motifs is 1. The Morgan fingerprint density at radius 2 is 1.85 bits per heavy atom. The molecule has 0 fully saturated rings. The minimum Gasteiger partial charge on any atom is -0.480 e. The molecule has 1 aliphatic rings. The van der Waals surface area contributed by atoms with Gasteiger partial charge in [0.1, 0.15) is 11.8 Å². The summed E-state index contributed by atoms with van der Waals surface area (Å²) >= 11 is 0. The first-order valence-corrected chi connectivity index (χ1v) is 10.7. The number of carbonyl (C=O) groups excluding carboxylic acids is 3. The van der Waals surface area contributed by atoms with Crippen molar-refractivity contribution in [3.05, 3.63) is 83.3 Å². The Morgan fingerprint density at radius 1 is 1.06 bits per heavy atom. The molecule has 3 aromatic rings. The van der Waals surface area contributed by atoms with Crippen LogP contribution in [-0.4, -0.2) is 39.7 Å². The monoisotopic (exact) mass is 461 g/mol. The molecule has 1 aliphatic heterocycles. The zero-order valence-corrected chi connectivity index (χ0v) is 18.4. The predicted molar refractivity (Wildman–Crippen MR) is 123 cm³/mol. The van der Waals surface area contributed by atoms with Gasteiger partial charge in [-0.25, -0.2) is 4.79 Å². The van der Waals surface area contributed by atoms with Gasteiger partial charge in [0.2, 0.25) is 5.91 Å². The van der Waals surface area contributed by atoms with Gasteiger partial charge in [-0.05, 0) is 55.3 Å². The largest absolute Gasteiger partial charge is 0.480 e. The van der Waals surface area contributed by atoms with Gasteiger partial charge in [-0.1, -0.05) is 18.2 Å². The quantitative estimate of drug-likeness (QED) is 0.415. The van der Waals surface area contributed by atoms with Crippen LogP contribution < -0.4 is 10.6 Å². The summed E-state index contributed by atoms with van der Waals surface area (Å²) in [6, 6.07) is 13.9. The lowest BCUT2D eigenvalue weighted by Crippen LogP contribution is -2.45. The maximum atomic E-state index is 13.2. The smallest absolute Gasteiger partial charge is 0.326 e. The first kappa shape index (κ1) is 22.8. The average Bonchev–Trinajstić information content (AvgIpc) is 3.40. The van der Waals surface area contributed by atoms with Crippen LogP contribution >= 0.6 is 0 Å². The number of amides is 3. The second-order valence-electron chi connectivity index (χ2n) is 7.95. The van der Waals surface area contributed by atoms with Crippen molar-refractivity contribution in [2.24, 2.45) is 0 Å². The van der Waals surface area contributed by atoms with E-state index in [0.29, 0.717) is 17.1 Å². The maximum Gasteiger partial charge on any atom is 0.326 e. The molecule has 3 N–H and O–H groups in total. The summed E-state index contributed by atoms with van der Waals surface area (Å²) in [4.78, 5) is 51.3. The van der Waals surface area contributed by atoms with Crippen molar-refractivity contribution >= 4 is 35.1 Å². The highest BCUT2D eigenvalue weighted by Gasteiger charge is 2.44. The van der Waals surface area contributed by atoms with E-state index in [0.717, 1.165) is 10.5 Å². The minimum atomic E-state index is -1.48. The molecule has 9 heteroatoms. The van der Waals surface area contributed by atoms with E-state index >= 15 is 0 Å². The first-order valence-electron chi connectivity index (χ1n) is 10.7. The van der Waals surface area contributed by atoms with Crippen molar-refractivity contribution in [3.8, 4) is 0 Å². The number of carboxylic acid groups (broad SMARTS) is 1. The molecule has 0 bridgehead atoms. The number of benzene rings is 2. The lowest BCUT2D eigenvalue weighted by Gasteiger charge is -2.22. The fourth-order valence-electron chi connectivity index (χ4n) is 3.91. The van der Waals surface area contributed by atoms with Crippen molar-refractivity contribution < 1.29 is 28.7 Å². The van der Waals surface area contributed by atoms with Gasteiger partial charge in [0, 0.05) is 17.8 Å². The molecule has 0 saturated heterocycles. The van der Waals surface area contributed by atoms with Gasteiger partial charge in [-0.15, -0.1) is 0 Å². The molecule has 174 valence electrons. The van der Waals surface area contributed by atoms with E-state index in [1.54, 1.807) is 42.5 Å². The van der Waals surface area contributed by atoms with Crippen LogP contribution in [0.3, 0.4) is 0 Å². The number of aryl methyl sites for hydroxylation is 1. The lowest BCUT2D eigenvalue weighted by atomic mass is 10.1. The zero-order valence-electron chi connectivity index (χ0n) is 18.4. The average molecular weight is 461 g/mol. The maximum absolute atomic E-state index is 13.2. The van der Waals surface area contributed by atoms with Crippen LogP contribution in [0.1, 0.15) is 44.9 Å². The van der Waals surface area contributed by atoms with E-state index in [2.05, 4.69) is 10.6 Å². The molecule has 2 aromatic carbocycles. The van der Waals surface area contributed by atoms with E-state index in [1.165, 1.54) is 12.3 Å². The number of hydrogen-bond donors (Lipinski definition) is 3. The highest BCUT2D eigenvalue weighted by molar-refractivity contribution is 6.25. The summed E-state index contributed by atoms with van der Waals surface area (Å²) in [5.74, 6) is -2.55. The molecule has 1 atom stereocenters. The number of furan rings is 1. The Hall–Kier alpha value is -4.40. The topological polar surface area (TPSA) is 129 Å². The zero-order chi connectivity index (χ0) is 24.2. The van der Waals surface area contributed by atoms with Crippen LogP contribution in [0.4, 0.5) is 11.4 Å². The highest BCUT2D eigenvalue weighted by Crippen LogP contribution is 2.32. The Kier molecular flexibility index (Phi) is 6.44. The molecule has 9 nitrogen and oxygen atoms in total. The number of rotatable bonds is 9. The summed E-state index contributed by atoms with van der Waals surface area (Å²) in [7, 11) is 0. The molecule has 0 saturated carbocycles. The second-order valence-corrected chi connectivity index (χ2v) is 7.95. The van der Waals surface area contributed by atoms with Gasteiger partial charge in [-0.3, -0.25) is 19.3 Å². The molecule has 34 heavy (non-hydrogen) atoms. The van der Waals surface area contributed by atoms with E-state index in [-0.39, 0.29) is 30.5 Å². The van der Waals surface area contributed by atoms with Gasteiger partial charge in [0.05, 0.1) is 23.9 Å². The van der Waals surface area contributed by atoms with Gasteiger partial charge >= 0.3 is 5.97 Å². The van der Waals surface area contributed by atoms with Crippen molar-refractivity contribution in [1.82, 2.24) is 4.90 Å². The normalized spacial score (nSPS) is 13.5. The summed E-state index contributed by atoms with van der Waals surface area (Å²) in [6.07, 6.45) is 1.13. The highest BCUT2D eigenvalue weighted by atomic mass is 16.4. The van der Waals surface area contributed by atoms with Gasteiger partial charge in [0.25, 0.3) is 11.8 Å². The van der Waals surface area contributed by atoms with Crippen molar-refractivity contribution in [3.63, 3.8) is 0 Å². The number of carboxylic acids is 1. The van der Waals surface area contributed by atoms with Crippen LogP contribution in [-0.2, 0) is 16.1 Å². The fraction of sp³-hybridized carbons (Fsp3) is 0.200. The summed E-state index contributed by atoms with van der Waals surface area (Å²) in [6.45, 7) is 2.17. The Morgan fingerprint density at radius 3 is 2.56 bits per heavy atom. The molecule has 2 heterocycles. The molecular formula is C25H23N3O6. The molecule has 0 aliphatic carbocycles. The molecule has 0 spiro atoms. The number of anilines is 2. The number of hydrogen-bond acceptors (Lipinski definition) is 6. The third-order valence-corrected chi connectivity index (χ3v) is 5.52. The van der Waals surface area contributed by atoms with E-state index < -0.39 is 29.7 Å². The molecular weight excluding hydrogens is 438 g/mol. The standard InChI is InChI=1S/C25H23N3O6/c1-15-5-2-6-16(13-15)27-21(29)11-10-20(25(32)33)28-23(30)18-8-3-9-19(22(18)24(28)31)26-14-17-7-4-12-34-17/h2-9,12-13,20,26H,10-11,14H2,1H3,(H,27,29)(H,32,33). The number of nitrogens with one attached hydrogen (secondary N) is 2. The number of aliphatic carboxylic acids is 1. The van der Waals surface area contributed by atoms with Crippen molar-refractivity contribution in [1.29, 1.82) is 0 Å². The summed E-state index contributed by atoms with van der Waals surface area (Å²) < 4.78 is 5.28. The minimum absolute atomic E-state index is 0.106. The van der Waals surface area contributed by atoms with E-state index in [9.17, 15) is 24.3 Å². The van der Waals surface area contributed by atoms with Crippen molar-refractivity contribution in [2.75, 3.05) is 10.6 Å². The summed E-state index contributed by atoms with van der Waals surface area (Å²) in [5.41, 5.74) is 2.17. The Balaban J connectivity index is 1.48. The van der Waals surface area contributed by atoms with E-state index in [4.69, 9.17) is 4.42 Å². The number of nitrogens with zero attached hydrogens (tertiary/aromatic N) is 1. The molecule has 4 rings (SSSR count). The third kappa shape index (κ3) is 4.68. The van der Waals surface area contributed by atoms with Crippen LogP contribution in [0, 0.1) is 6.92 Å². The predicted octanol–water partition coefficient (Wildman–Crippen LogP) is 3.67. The van der Waals surface area contributed by atoms with Gasteiger partial charge in [0.15, 0.2) is 0 Å². The molecule has 3 amide bonds. The van der Waals surface area contributed by atoms with Crippen LogP contribution in [0.15, 0.2) is 65.3 Å². The van der Waals surface area contributed by atoms with Crippen LogP contribution in [0.5, 0.6) is 0 Å². The molecule has 1 aromatic heterocycles. The Labute approximate surface area is 195 Å². The number of carbonyl (C=O) groups is 4. The third-order valence-electron chi connectivity index (χ3n) is 5.52. The lowest BCUT2D eigenvalue weighted by molar-refractivity contribution is -0.141. The SMILES string of the molecule is Cc1cccc(NC(=O)CCC(C(=O)O)N2C(=O)c3cccc(NCc4ccco4)c3C2=O)c1. The molecule has 0 radical (unpaired) electrons. The van der Waals surface area contributed by atoms with Crippen molar-refractivity contribution in [2.45, 2.75) is 32.4 Å². The Bertz CT molecular complexity index is 1250. The van der Waals surface area contributed by atoms with Gasteiger partial charge in [-0.2, -0.15) is 0 Å². The second kappa shape index (κ2) is 9.62. The molecule has 1 unspecified atom stereocenters. The first-order chi connectivity index (χ1) is 16.3. The summed E-state index contributed by atoms with van der Waals surface area (Å²) in [5, 5.41) is 15.6. The van der Waals surface area contributed by atoms with E-state index in [1.807, 2.05) is 13.0 Å². The van der Waals surface area contributed by atoms with Gasteiger partial charge < -0.3 is 20.2 Å².